The molecule has 0 bridgehead atoms. The minimum Gasteiger partial charge on any atom is -0.477 e. The summed E-state index contributed by atoms with van der Waals surface area (Å²) in [5.74, 6) is 6.34. The van der Waals surface area contributed by atoms with Gasteiger partial charge in [-0.05, 0) is 30.3 Å². The van der Waals surface area contributed by atoms with Gasteiger partial charge in [0.15, 0.2) is 6.73 Å². The third-order valence-electron chi connectivity index (χ3n) is 5.25. The Bertz CT molecular complexity index is 958. The molecule has 2 saturated heterocycles. The molecule has 0 atom stereocenters. The van der Waals surface area contributed by atoms with Crippen molar-refractivity contribution in [1.29, 1.82) is 0 Å². The maximum atomic E-state index is 12.6. The van der Waals surface area contributed by atoms with Crippen molar-refractivity contribution in [3.63, 3.8) is 0 Å². The van der Waals surface area contributed by atoms with E-state index >= 15 is 0 Å². The van der Waals surface area contributed by atoms with Gasteiger partial charge >= 0.3 is 0 Å². The molecule has 0 saturated carbocycles. The Morgan fingerprint density at radius 3 is 2.29 bits per heavy atom. The summed E-state index contributed by atoms with van der Waals surface area (Å²) >= 11 is 3.45. The summed E-state index contributed by atoms with van der Waals surface area (Å²) in [4.78, 5) is 28.3. The lowest BCUT2D eigenvalue weighted by Crippen LogP contribution is -2.55. The molecule has 2 aliphatic rings. The molecule has 2 aromatic rings. The van der Waals surface area contributed by atoms with Crippen LogP contribution < -0.4 is 25.8 Å². The number of nitrogens with one attached hydrogen (secondary N) is 1. The normalized spacial score (nSPS) is 18.5. The molecule has 0 unspecified atom stereocenters. The molecule has 10 heteroatoms. The van der Waals surface area contributed by atoms with Crippen LogP contribution in [0.2, 0.25) is 0 Å². The predicted molar refractivity (Wildman–Crippen MR) is 121 cm³/mol. The molecule has 0 spiro atoms. The van der Waals surface area contributed by atoms with E-state index in [4.69, 9.17) is 10.6 Å². The molecule has 2 fully saturated rings. The molecule has 31 heavy (non-hydrogen) atoms. The van der Waals surface area contributed by atoms with Gasteiger partial charge in [-0.25, -0.2) is 15.4 Å². The van der Waals surface area contributed by atoms with E-state index in [1.54, 1.807) is 9.80 Å². The Balaban J connectivity index is 1.27. The van der Waals surface area contributed by atoms with Gasteiger partial charge in [-0.3, -0.25) is 15.4 Å². The lowest BCUT2D eigenvalue weighted by atomic mass is 10.2. The van der Waals surface area contributed by atoms with Crippen molar-refractivity contribution in [2.45, 2.75) is 0 Å². The molecule has 0 aliphatic carbocycles. The minimum absolute atomic E-state index is 0.0244. The fourth-order valence-electron chi connectivity index (χ4n) is 3.64. The van der Waals surface area contributed by atoms with E-state index in [-0.39, 0.29) is 31.6 Å². The van der Waals surface area contributed by atoms with Gasteiger partial charge in [-0.2, -0.15) is 0 Å². The van der Waals surface area contributed by atoms with Crippen LogP contribution in [0.15, 0.2) is 53.0 Å². The van der Waals surface area contributed by atoms with E-state index in [0.717, 1.165) is 15.8 Å². The number of amides is 2. The van der Waals surface area contributed by atoms with E-state index in [0.29, 0.717) is 31.9 Å². The number of carbonyl (C=O) groups excluding carboxylic acids is 2. The number of nitrogens with zero attached hydrogens (tertiary/aromatic N) is 4. The number of hydrogen-bond acceptors (Lipinski definition) is 7. The molecule has 2 heterocycles. The predicted octanol–water partition coefficient (Wildman–Crippen LogP) is 1.16. The molecule has 0 radical (unpaired) electrons. The highest BCUT2D eigenvalue weighted by Crippen LogP contribution is 2.23. The largest absolute Gasteiger partial charge is 0.477 e. The Morgan fingerprint density at radius 2 is 1.58 bits per heavy atom. The van der Waals surface area contributed by atoms with Crippen molar-refractivity contribution in [2.75, 3.05) is 55.8 Å². The number of hydrogen-bond donors (Lipinski definition) is 2. The second-order valence-corrected chi connectivity index (χ2v) is 8.32. The minimum atomic E-state index is -0.0362. The zero-order valence-corrected chi connectivity index (χ0v) is 18.6. The molecule has 2 aliphatic heterocycles. The van der Waals surface area contributed by atoms with Crippen LogP contribution >= 0.6 is 15.9 Å². The second-order valence-electron chi connectivity index (χ2n) is 7.41. The number of nitrogens with two attached hydrogens (primary N) is 1. The highest BCUT2D eigenvalue weighted by Gasteiger charge is 2.25. The molecule has 4 rings (SSSR count). The summed E-state index contributed by atoms with van der Waals surface area (Å²) < 4.78 is 6.75. The van der Waals surface area contributed by atoms with Gasteiger partial charge in [0, 0.05) is 48.1 Å². The number of halogens is 1. The monoisotopic (exact) mass is 488 g/mol. The van der Waals surface area contributed by atoms with Crippen LogP contribution in [0.25, 0.3) is 0 Å². The van der Waals surface area contributed by atoms with Gasteiger partial charge in [0.1, 0.15) is 5.75 Å². The molecule has 3 N–H and O–H groups in total. The number of ether oxygens (including phenoxy) is 1. The quantitative estimate of drug-likeness (QED) is 0.465. The lowest BCUT2D eigenvalue weighted by molar-refractivity contribution is -0.123. The number of carbonyl (C=O) groups is 2. The van der Waals surface area contributed by atoms with Crippen LogP contribution in [0.1, 0.15) is 0 Å². The Kier molecular flexibility index (Phi) is 6.83. The third-order valence-corrected chi connectivity index (χ3v) is 5.74. The maximum Gasteiger partial charge on any atom is 0.242 e. The van der Waals surface area contributed by atoms with Crippen LogP contribution in [0, 0.1) is 0 Å². The second kappa shape index (κ2) is 9.75. The van der Waals surface area contributed by atoms with Crippen molar-refractivity contribution in [2.24, 2.45) is 5.84 Å². The van der Waals surface area contributed by atoms with Gasteiger partial charge in [0.2, 0.25) is 11.8 Å². The fourth-order valence-corrected chi connectivity index (χ4v) is 4.02. The van der Waals surface area contributed by atoms with Crippen LogP contribution in [-0.4, -0.2) is 67.8 Å². The number of piperazine rings is 2. The van der Waals surface area contributed by atoms with E-state index in [1.807, 2.05) is 53.5 Å². The maximum absolute atomic E-state index is 12.6. The van der Waals surface area contributed by atoms with Gasteiger partial charge < -0.3 is 14.5 Å². The van der Waals surface area contributed by atoms with Crippen LogP contribution in [0.4, 0.5) is 11.4 Å². The molecule has 2 aromatic carbocycles. The van der Waals surface area contributed by atoms with E-state index < -0.39 is 0 Å². The summed E-state index contributed by atoms with van der Waals surface area (Å²) in [6.07, 6.45) is 0. The first-order valence-corrected chi connectivity index (χ1v) is 10.9. The summed E-state index contributed by atoms with van der Waals surface area (Å²) in [6, 6.07) is 15.1. The molecular formula is C21H25BrN6O3. The summed E-state index contributed by atoms with van der Waals surface area (Å²) in [7, 11) is 0. The van der Waals surface area contributed by atoms with Crippen molar-refractivity contribution in [1.82, 2.24) is 15.4 Å². The third kappa shape index (κ3) is 5.41. The number of rotatable bonds is 6. The smallest absolute Gasteiger partial charge is 0.242 e. The van der Waals surface area contributed by atoms with Gasteiger partial charge in [0.25, 0.3) is 0 Å². The van der Waals surface area contributed by atoms with E-state index in [2.05, 4.69) is 21.4 Å². The highest BCUT2D eigenvalue weighted by atomic mass is 79.9. The van der Waals surface area contributed by atoms with Gasteiger partial charge in [0.05, 0.1) is 13.1 Å². The molecule has 164 valence electrons. The zero-order valence-electron chi connectivity index (χ0n) is 17.0. The standard InChI is InChI=1S/C21H25BrN6O3/c22-16-3-1-4-17(11-16)28-10-8-26(14-21(28)30)24-15-31-19-6-2-5-18(12-19)27-9-7-25(23)13-20(27)29/h1-6,11-12,24H,7-10,13-15,23H2. The Hall–Kier alpha value is -2.50. The summed E-state index contributed by atoms with van der Waals surface area (Å²) in [5.41, 5.74) is 4.82. The van der Waals surface area contributed by atoms with Gasteiger partial charge in [-0.15, -0.1) is 0 Å². The highest BCUT2D eigenvalue weighted by molar-refractivity contribution is 9.10. The van der Waals surface area contributed by atoms with Crippen molar-refractivity contribution in [3.05, 3.63) is 53.0 Å². The van der Waals surface area contributed by atoms with Gasteiger partial charge in [-0.1, -0.05) is 28.1 Å². The fraction of sp³-hybridized carbons (Fsp3) is 0.333. The Morgan fingerprint density at radius 1 is 0.903 bits per heavy atom. The van der Waals surface area contributed by atoms with E-state index in [1.165, 1.54) is 5.01 Å². The van der Waals surface area contributed by atoms with Crippen LogP contribution in [-0.2, 0) is 9.59 Å². The van der Waals surface area contributed by atoms with Crippen molar-refractivity contribution >= 4 is 39.1 Å². The number of benzene rings is 2. The molecule has 2 amide bonds. The molecule has 9 nitrogen and oxygen atoms in total. The first kappa shape index (κ1) is 21.7. The van der Waals surface area contributed by atoms with Crippen LogP contribution in [0.3, 0.4) is 0 Å². The zero-order chi connectivity index (χ0) is 21.8. The number of anilines is 2. The number of hydrazine groups is 2. The topological polar surface area (TPSA) is 94.4 Å². The van der Waals surface area contributed by atoms with E-state index in [9.17, 15) is 9.59 Å². The SMILES string of the molecule is NN1CCN(c2cccc(OCNN3CCN(c4cccc(Br)c4)C(=O)C3)c2)C(=O)C1. The molecular weight excluding hydrogens is 464 g/mol. The summed E-state index contributed by atoms with van der Waals surface area (Å²) in [6.45, 7) is 3.12. The lowest BCUT2D eigenvalue weighted by Gasteiger charge is -2.34. The van der Waals surface area contributed by atoms with Crippen molar-refractivity contribution < 1.29 is 14.3 Å². The first-order valence-electron chi connectivity index (χ1n) is 10.1. The average Bonchev–Trinajstić information content (AvgIpc) is 2.74. The Labute approximate surface area is 189 Å². The average molecular weight is 489 g/mol. The summed E-state index contributed by atoms with van der Waals surface area (Å²) in [5, 5.41) is 3.37. The first-order chi connectivity index (χ1) is 15.0. The van der Waals surface area contributed by atoms with Crippen LogP contribution in [0.5, 0.6) is 5.75 Å². The van der Waals surface area contributed by atoms with Crippen molar-refractivity contribution in [3.8, 4) is 5.75 Å². The molecule has 0 aromatic heterocycles.